The molecule has 31 heavy (non-hydrogen) atoms. The summed E-state index contributed by atoms with van der Waals surface area (Å²) >= 11 is 0. The van der Waals surface area contributed by atoms with Crippen molar-refractivity contribution in [2.45, 2.75) is 6.54 Å². The van der Waals surface area contributed by atoms with E-state index < -0.39 is 5.91 Å². The van der Waals surface area contributed by atoms with Gasteiger partial charge in [0.2, 0.25) is 0 Å². The molecule has 3 aromatic heterocycles. The second kappa shape index (κ2) is 7.79. The molecular weight excluding hydrogens is 399 g/mol. The quantitative estimate of drug-likeness (QED) is 0.468. The number of furan rings is 1. The summed E-state index contributed by atoms with van der Waals surface area (Å²) in [6.07, 6.45) is 2.74. The second-order valence-electron chi connectivity index (χ2n) is 6.74. The van der Waals surface area contributed by atoms with Crippen LogP contribution in [-0.2, 0) is 6.54 Å². The molecular formula is C22H15FN6O2. The Morgan fingerprint density at radius 1 is 1.03 bits per heavy atom. The normalized spacial score (nSPS) is 11.0. The van der Waals surface area contributed by atoms with E-state index in [-0.39, 0.29) is 18.2 Å². The summed E-state index contributed by atoms with van der Waals surface area (Å²) in [6, 6.07) is 17.3. The van der Waals surface area contributed by atoms with Crippen molar-refractivity contribution < 1.29 is 13.6 Å². The molecule has 5 aromatic rings. The Hall–Kier alpha value is -4.40. The Bertz CT molecular complexity index is 1370. The summed E-state index contributed by atoms with van der Waals surface area (Å²) in [6.45, 7) is 0.129. The van der Waals surface area contributed by atoms with Crippen molar-refractivity contribution in [2.75, 3.05) is 5.32 Å². The van der Waals surface area contributed by atoms with E-state index >= 15 is 0 Å². The number of carbonyl (C=O) groups excluding carboxylic acids is 1. The first-order chi connectivity index (χ1) is 15.2. The number of rotatable bonds is 5. The number of anilines is 1. The summed E-state index contributed by atoms with van der Waals surface area (Å²) in [7, 11) is 0. The van der Waals surface area contributed by atoms with Crippen LogP contribution in [0.2, 0.25) is 0 Å². The molecule has 5 rings (SSSR count). The first-order valence-corrected chi connectivity index (χ1v) is 9.42. The minimum atomic E-state index is -0.406. The lowest BCUT2D eigenvalue weighted by atomic mass is 10.2. The highest BCUT2D eigenvalue weighted by Crippen LogP contribution is 2.24. The van der Waals surface area contributed by atoms with Crippen LogP contribution < -0.4 is 5.32 Å². The molecule has 0 atom stereocenters. The van der Waals surface area contributed by atoms with Crippen LogP contribution in [0.15, 0.2) is 77.6 Å². The highest BCUT2D eigenvalue weighted by atomic mass is 19.1. The van der Waals surface area contributed by atoms with Gasteiger partial charge < -0.3 is 9.73 Å². The van der Waals surface area contributed by atoms with Gasteiger partial charge in [-0.2, -0.15) is 0 Å². The van der Waals surface area contributed by atoms with Gasteiger partial charge in [0.25, 0.3) is 5.91 Å². The van der Waals surface area contributed by atoms with Gasteiger partial charge in [-0.25, -0.2) is 19.0 Å². The van der Waals surface area contributed by atoms with Crippen LogP contribution in [0.4, 0.5) is 10.2 Å². The summed E-state index contributed by atoms with van der Waals surface area (Å²) in [4.78, 5) is 21.7. The SMILES string of the molecule is O=C(Nc1nc(-c2ccccc2)nc2c1nnn2Cc1ccccc1F)c1ccoc1. The van der Waals surface area contributed by atoms with E-state index in [1.54, 1.807) is 24.3 Å². The minimum Gasteiger partial charge on any atom is -0.472 e. The van der Waals surface area contributed by atoms with Crippen LogP contribution in [0.3, 0.4) is 0 Å². The van der Waals surface area contributed by atoms with Gasteiger partial charge >= 0.3 is 0 Å². The lowest BCUT2D eigenvalue weighted by molar-refractivity contribution is 0.102. The number of hydrogen-bond acceptors (Lipinski definition) is 6. The van der Waals surface area contributed by atoms with Crippen LogP contribution in [0.1, 0.15) is 15.9 Å². The summed E-state index contributed by atoms with van der Waals surface area (Å²) in [5.41, 5.74) is 2.21. The highest BCUT2D eigenvalue weighted by Gasteiger charge is 2.19. The molecule has 1 N–H and O–H groups in total. The lowest BCUT2D eigenvalue weighted by Crippen LogP contribution is -2.13. The average molecular weight is 414 g/mol. The van der Waals surface area contributed by atoms with Crippen LogP contribution in [-0.4, -0.2) is 30.9 Å². The van der Waals surface area contributed by atoms with Gasteiger partial charge in [0, 0.05) is 11.1 Å². The fraction of sp³-hybridized carbons (Fsp3) is 0.0455. The molecule has 0 radical (unpaired) electrons. The molecule has 152 valence electrons. The molecule has 0 saturated heterocycles. The first kappa shape index (κ1) is 18.6. The third kappa shape index (κ3) is 3.64. The van der Waals surface area contributed by atoms with E-state index in [9.17, 15) is 9.18 Å². The molecule has 0 aliphatic carbocycles. The number of halogens is 1. The molecule has 0 saturated carbocycles. The third-order valence-corrected chi connectivity index (χ3v) is 4.69. The fourth-order valence-corrected chi connectivity index (χ4v) is 3.13. The standard InChI is InChI=1S/C22H15FN6O2/c23-17-9-5-4-8-15(17)12-29-21-18(27-28-29)20(26-22(30)16-10-11-31-13-16)24-19(25-21)14-6-2-1-3-7-14/h1-11,13H,12H2,(H,24,25,26,30). The summed E-state index contributed by atoms with van der Waals surface area (Å²) in [5.74, 6) is -0.170. The monoisotopic (exact) mass is 414 g/mol. The number of carbonyl (C=O) groups is 1. The van der Waals surface area contributed by atoms with Crippen molar-refractivity contribution >= 4 is 22.9 Å². The van der Waals surface area contributed by atoms with E-state index in [1.807, 2.05) is 30.3 Å². The van der Waals surface area contributed by atoms with E-state index in [0.717, 1.165) is 5.56 Å². The average Bonchev–Trinajstić information content (AvgIpc) is 3.47. The maximum absolute atomic E-state index is 14.2. The molecule has 0 fully saturated rings. The van der Waals surface area contributed by atoms with Gasteiger partial charge in [-0.1, -0.05) is 53.7 Å². The van der Waals surface area contributed by atoms with Crippen molar-refractivity contribution in [3.63, 3.8) is 0 Å². The molecule has 0 spiro atoms. The van der Waals surface area contributed by atoms with Crippen LogP contribution in [0.5, 0.6) is 0 Å². The highest BCUT2D eigenvalue weighted by molar-refractivity contribution is 6.06. The topological polar surface area (TPSA) is 98.7 Å². The van der Waals surface area contributed by atoms with Gasteiger partial charge in [-0.3, -0.25) is 4.79 Å². The zero-order chi connectivity index (χ0) is 21.2. The molecule has 1 amide bonds. The molecule has 0 bridgehead atoms. The number of aromatic nitrogens is 5. The molecule has 0 aliphatic rings. The predicted octanol–water partition coefficient (Wildman–Crippen LogP) is 3.92. The Balaban J connectivity index is 1.62. The van der Waals surface area contributed by atoms with Gasteiger partial charge in [0.1, 0.15) is 12.1 Å². The Labute approximate surface area is 175 Å². The van der Waals surface area contributed by atoms with Gasteiger partial charge in [0.05, 0.1) is 18.4 Å². The Morgan fingerprint density at radius 2 is 1.84 bits per heavy atom. The summed E-state index contributed by atoms with van der Waals surface area (Å²) < 4.78 is 20.6. The van der Waals surface area contributed by atoms with Crippen molar-refractivity contribution in [1.29, 1.82) is 0 Å². The molecule has 8 nitrogen and oxygen atoms in total. The number of benzene rings is 2. The van der Waals surface area contributed by atoms with Gasteiger partial charge in [0.15, 0.2) is 22.8 Å². The van der Waals surface area contributed by atoms with E-state index in [0.29, 0.717) is 28.1 Å². The zero-order valence-corrected chi connectivity index (χ0v) is 16.1. The number of nitrogens with one attached hydrogen (secondary N) is 1. The van der Waals surface area contributed by atoms with Crippen LogP contribution in [0, 0.1) is 5.82 Å². The van der Waals surface area contributed by atoms with E-state index in [1.165, 1.54) is 23.3 Å². The fourth-order valence-electron chi connectivity index (χ4n) is 3.13. The lowest BCUT2D eigenvalue weighted by Gasteiger charge is -2.08. The first-order valence-electron chi connectivity index (χ1n) is 9.42. The second-order valence-corrected chi connectivity index (χ2v) is 6.74. The Morgan fingerprint density at radius 3 is 2.61 bits per heavy atom. The molecule has 0 aliphatic heterocycles. The van der Waals surface area contributed by atoms with Crippen molar-refractivity contribution in [3.05, 3.63) is 90.1 Å². The predicted molar refractivity (Wildman–Crippen MR) is 111 cm³/mol. The smallest absolute Gasteiger partial charge is 0.260 e. The molecule has 2 aromatic carbocycles. The number of fused-ring (bicyclic) bond motifs is 1. The molecule has 3 heterocycles. The molecule has 0 unspecified atom stereocenters. The number of amides is 1. The summed E-state index contributed by atoms with van der Waals surface area (Å²) in [5, 5.41) is 11.0. The minimum absolute atomic E-state index is 0.129. The van der Waals surface area contributed by atoms with Crippen molar-refractivity contribution in [2.24, 2.45) is 0 Å². The van der Waals surface area contributed by atoms with E-state index in [2.05, 4.69) is 25.6 Å². The van der Waals surface area contributed by atoms with Crippen molar-refractivity contribution in [1.82, 2.24) is 25.0 Å². The number of hydrogen-bond donors (Lipinski definition) is 1. The van der Waals surface area contributed by atoms with Gasteiger partial charge in [-0.15, -0.1) is 5.10 Å². The maximum Gasteiger partial charge on any atom is 0.260 e. The van der Waals surface area contributed by atoms with Crippen molar-refractivity contribution in [3.8, 4) is 11.4 Å². The van der Waals surface area contributed by atoms with Gasteiger partial charge in [-0.05, 0) is 12.1 Å². The van der Waals surface area contributed by atoms with E-state index in [4.69, 9.17) is 4.42 Å². The van der Waals surface area contributed by atoms with Crippen LogP contribution in [0.25, 0.3) is 22.6 Å². The zero-order valence-electron chi connectivity index (χ0n) is 16.1. The van der Waals surface area contributed by atoms with Crippen LogP contribution >= 0.6 is 0 Å². The molecule has 9 heteroatoms. The Kier molecular flexibility index (Phi) is 4.68. The third-order valence-electron chi connectivity index (χ3n) is 4.69. The number of nitrogens with zero attached hydrogens (tertiary/aromatic N) is 5. The largest absolute Gasteiger partial charge is 0.472 e. The maximum atomic E-state index is 14.2.